The number of urea groups is 1. The highest BCUT2D eigenvalue weighted by Gasteiger charge is 2.37. The number of amides is 4. The Balaban J connectivity index is 1.70. The highest BCUT2D eigenvalue weighted by Crippen LogP contribution is 2.36. The Hall–Kier alpha value is -5.78. The van der Waals surface area contributed by atoms with Crippen molar-refractivity contribution in [1.82, 2.24) is 5.32 Å². The number of nitro groups is 1. The summed E-state index contributed by atoms with van der Waals surface area (Å²) in [7, 11) is 0. The molecule has 0 bridgehead atoms. The summed E-state index contributed by atoms with van der Waals surface area (Å²) in [6.07, 6.45) is 3.26. The van der Waals surface area contributed by atoms with Gasteiger partial charge in [-0.1, -0.05) is 24.3 Å². The van der Waals surface area contributed by atoms with Crippen molar-refractivity contribution in [2.45, 2.75) is 20.0 Å². The topological polar surface area (TPSA) is 165 Å². The molecule has 1 aliphatic rings. The Morgan fingerprint density at radius 2 is 1.83 bits per heavy atom. The molecule has 1 fully saturated rings. The van der Waals surface area contributed by atoms with Crippen molar-refractivity contribution in [3.8, 4) is 11.5 Å². The van der Waals surface area contributed by atoms with Crippen LogP contribution in [-0.2, 0) is 22.6 Å². The number of nitrogens with one attached hydrogen (secondary N) is 1. The van der Waals surface area contributed by atoms with Gasteiger partial charge in [0, 0.05) is 17.7 Å². The van der Waals surface area contributed by atoms with Crippen LogP contribution in [0, 0.1) is 10.1 Å². The quantitative estimate of drug-likeness (QED) is 0.109. The molecule has 214 valence electrons. The molecular formula is C30H25N3O9. The average Bonchev–Trinajstić information content (AvgIpc) is 2.95. The van der Waals surface area contributed by atoms with Crippen molar-refractivity contribution >= 4 is 41.3 Å². The highest BCUT2D eigenvalue weighted by molar-refractivity contribution is 6.39. The molecule has 4 rings (SSSR count). The van der Waals surface area contributed by atoms with Crippen molar-refractivity contribution in [2.24, 2.45) is 0 Å². The molecule has 0 unspecified atom stereocenters. The van der Waals surface area contributed by atoms with Crippen LogP contribution in [0.4, 0.5) is 16.2 Å². The van der Waals surface area contributed by atoms with Crippen LogP contribution < -0.4 is 19.7 Å². The van der Waals surface area contributed by atoms with Crippen LogP contribution >= 0.6 is 0 Å². The average molecular weight is 572 g/mol. The molecule has 4 amide bonds. The molecule has 0 aromatic heterocycles. The van der Waals surface area contributed by atoms with E-state index in [9.17, 15) is 29.3 Å². The molecule has 3 aromatic carbocycles. The van der Waals surface area contributed by atoms with E-state index >= 15 is 0 Å². The summed E-state index contributed by atoms with van der Waals surface area (Å²) in [6, 6.07) is 13.4. The van der Waals surface area contributed by atoms with E-state index in [-0.39, 0.29) is 35.7 Å². The summed E-state index contributed by atoms with van der Waals surface area (Å²) in [6.45, 7) is 5.92. The first kappa shape index (κ1) is 29.2. The van der Waals surface area contributed by atoms with E-state index in [0.29, 0.717) is 39.5 Å². The minimum absolute atomic E-state index is 0.0763. The van der Waals surface area contributed by atoms with E-state index in [2.05, 4.69) is 11.9 Å². The summed E-state index contributed by atoms with van der Waals surface area (Å²) >= 11 is 0. The maximum absolute atomic E-state index is 13.3. The summed E-state index contributed by atoms with van der Waals surface area (Å²) in [4.78, 5) is 60.9. The van der Waals surface area contributed by atoms with Crippen molar-refractivity contribution < 1.29 is 38.7 Å². The zero-order valence-corrected chi connectivity index (χ0v) is 22.4. The first-order valence-corrected chi connectivity index (χ1v) is 12.6. The summed E-state index contributed by atoms with van der Waals surface area (Å²) in [5, 5.41) is 22.4. The number of rotatable bonds is 11. The lowest BCUT2D eigenvalue weighted by Gasteiger charge is -2.26. The molecule has 0 atom stereocenters. The maximum Gasteiger partial charge on any atom is 0.335 e. The smallest absolute Gasteiger partial charge is 0.335 e. The predicted octanol–water partition coefficient (Wildman–Crippen LogP) is 4.67. The molecule has 0 radical (unpaired) electrons. The lowest BCUT2D eigenvalue weighted by atomic mass is 10.0. The molecule has 3 aromatic rings. The minimum Gasteiger partial charge on any atom is -0.490 e. The number of barbiturate groups is 1. The third kappa shape index (κ3) is 6.33. The number of hydrogen-bond acceptors (Lipinski definition) is 8. The van der Waals surface area contributed by atoms with Gasteiger partial charge in [-0.25, -0.2) is 14.5 Å². The second-order valence-corrected chi connectivity index (χ2v) is 8.96. The van der Waals surface area contributed by atoms with Crippen LogP contribution in [0.3, 0.4) is 0 Å². The molecule has 0 saturated carbocycles. The molecule has 1 aliphatic heterocycles. The van der Waals surface area contributed by atoms with E-state index < -0.39 is 28.7 Å². The first-order chi connectivity index (χ1) is 20.1. The van der Waals surface area contributed by atoms with Gasteiger partial charge in [-0.3, -0.25) is 25.0 Å². The van der Waals surface area contributed by atoms with Gasteiger partial charge in [0.15, 0.2) is 11.5 Å². The van der Waals surface area contributed by atoms with Crippen LogP contribution in [0.1, 0.15) is 34.0 Å². The van der Waals surface area contributed by atoms with Gasteiger partial charge in [-0.15, -0.1) is 6.58 Å². The first-order valence-electron chi connectivity index (χ1n) is 12.6. The SMILES string of the molecule is C=CCc1cc(/C=C2\C(=O)NC(=O)N(c3cccc([N+](=O)[O-])c3)C2=O)cc(OCC)c1OCc1ccc(C(=O)O)cc1. The normalized spacial score (nSPS) is 14.0. The molecular weight excluding hydrogens is 546 g/mol. The van der Waals surface area contributed by atoms with Gasteiger partial charge >= 0.3 is 12.0 Å². The van der Waals surface area contributed by atoms with Crippen molar-refractivity contribution in [3.63, 3.8) is 0 Å². The largest absolute Gasteiger partial charge is 0.490 e. The van der Waals surface area contributed by atoms with E-state index in [4.69, 9.17) is 14.6 Å². The second kappa shape index (κ2) is 12.6. The van der Waals surface area contributed by atoms with Gasteiger partial charge in [-0.2, -0.15) is 0 Å². The third-order valence-corrected chi connectivity index (χ3v) is 6.11. The fourth-order valence-electron chi connectivity index (χ4n) is 4.20. The lowest BCUT2D eigenvalue weighted by molar-refractivity contribution is -0.384. The zero-order chi connectivity index (χ0) is 30.4. The molecule has 1 saturated heterocycles. The number of nitrogens with zero attached hydrogens (tertiary/aromatic N) is 2. The van der Waals surface area contributed by atoms with Gasteiger partial charge in [0.1, 0.15) is 12.2 Å². The van der Waals surface area contributed by atoms with E-state index in [1.807, 2.05) is 0 Å². The number of anilines is 1. The minimum atomic E-state index is -1.04. The number of ether oxygens (including phenoxy) is 2. The van der Waals surface area contributed by atoms with E-state index in [1.165, 1.54) is 36.4 Å². The summed E-state index contributed by atoms with van der Waals surface area (Å²) in [5.41, 5.74) is 1.09. The Morgan fingerprint density at radius 3 is 2.48 bits per heavy atom. The van der Waals surface area contributed by atoms with Crippen LogP contribution in [-0.4, -0.2) is 40.5 Å². The fraction of sp³-hybridized carbons (Fsp3) is 0.133. The van der Waals surface area contributed by atoms with Crippen molar-refractivity contribution in [1.29, 1.82) is 0 Å². The van der Waals surface area contributed by atoms with Crippen LogP contribution in [0.2, 0.25) is 0 Å². The van der Waals surface area contributed by atoms with Gasteiger partial charge in [-0.05, 0) is 60.9 Å². The molecule has 12 nitrogen and oxygen atoms in total. The Morgan fingerprint density at radius 1 is 1.10 bits per heavy atom. The van der Waals surface area contributed by atoms with Gasteiger partial charge in [0.2, 0.25) is 0 Å². The zero-order valence-electron chi connectivity index (χ0n) is 22.4. The number of allylic oxidation sites excluding steroid dienone is 1. The number of carboxylic acid groups (broad SMARTS) is 1. The number of nitro benzene ring substituents is 1. The number of non-ortho nitro benzene ring substituents is 1. The van der Waals surface area contributed by atoms with E-state index in [0.717, 1.165) is 6.07 Å². The molecule has 2 N–H and O–H groups in total. The van der Waals surface area contributed by atoms with Gasteiger partial charge in [0.05, 0.1) is 22.8 Å². The summed E-state index contributed by atoms with van der Waals surface area (Å²) in [5.74, 6) is -2.21. The number of carboxylic acids is 1. The van der Waals surface area contributed by atoms with Crippen LogP contribution in [0.5, 0.6) is 11.5 Å². The number of benzene rings is 3. The number of carbonyl (C=O) groups excluding carboxylic acids is 3. The molecule has 42 heavy (non-hydrogen) atoms. The van der Waals surface area contributed by atoms with Crippen LogP contribution in [0.15, 0.2) is 78.9 Å². The Bertz CT molecular complexity index is 1630. The molecule has 12 heteroatoms. The monoisotopic (exact) mass is 571 g/mol. The molecule has 1 heterocycles. The number of carbonyl (C=O) groups is 4. The standard InChI is InChI=1S/C30H25N3O9/c1-3-6-21-13-19(15-25(41-4-2)26(21)42-17-18-9-11-20(12-10-18)29(36)37)14-24-27(34)31-30(38)32(28(24)35)22-7-5-8-23(16-22)33(39)40/h3,5,7-16H,1,4,6,17H2,2H3,(H,36,37)(H,31,34,38)/b24-14+. The second-order valence-electron chi connectivity index (χ2n) is 8.96. The van der Waals surface area contributed by atoms with Gasteiger partial charge < -0.3 is 14.6 Å². The van der Waals surface area contributed by atoms with Crippen molar-refractivity contribution in [2.75, 3.05) is 11.5 Å². The van der Waals surface area contributed by atoms with Crippen molar-refractivity contribution in [3.05, 3.63) is 111 Å². The highest BCUT2D eigenvalue weighted by atomic mass is 16.6. The summed E-state index contributed by atoms with van der Waals surface area (Å²) < 4.78 is 11.9. The Labute approximate surface area is 239 Å². The van der Waals surface area contributed by atoms with E-state index in [1.54, 1.807) is 37.3 Å². The fourth-order valence-corrected chi connectivity index (χ4v) is 4.20. The molecule has 0 aliphatic carbocycles. The Kier molecular flexibility index (Phi) is 8.76. The molecule has 0 spiro atoms. The van der Waals surface area contributed by atoms with Crippen LogP contribution in [0.25, 0.3) is 6.08 Å². The predicted molar refractivity (Wildman–Crippen MR) is 151 cm³/mol. The maximum atomic E-state index is 13.3. The lowest BCUT2D eigenvalue weighted by Crippen LogP contribution is -2.54. The third-order valence-electron chi connectivity index (χ3n) is 6.11. The number of aromatic carboxylic acids is 1. The number of imide groups is 2. The van der Waals surface area contributed by atoms with Gasteiger partial charge in [0.25, 0.3) is 17.5 Å². The number of hydrogen-bond donors (Lipinski definition) is 2.